The van der Waals surface area contributed by atoms with Crippen LogP contribution in [0.15, 0.2) is 0 Å². The van der Waals surface area contributed by atoms with Gasteiger partial charge in [-0.1, -0.05) is 31.9 Å². The number of hydrogen-bond donors (Lipinski definition) is 0. The number of halogens is 2. The van der Waals surface area contributed by atoms with Crippen LogP contribution in [-0.4, -0.2) is 8.65 Å². The molecule has 0 aliphatic heterocycles. The van der Waals surface area contributed by atoms with Gasteiger partial charge in [-0.25, -0.2) is 0 Å². The van der Waals surface area contributed by atoms with Gasteiger partial charge in [0.1, 0.15) is 0 Å². The van der Waals surface area contributed by atoms with Crippen molar-refractivity contribution in [3.63, 3.8) is 0 Å². The molecule has 1 unspecified atom stereocenters. The molecule has 0 amide bonds. The van der Waals surface area contributed by atoms with E-state index in [1.807, 2.05) is 6.92 Å². The molecule has 0 aliphatic rings. The Hall–Kier alpha value is 0.960. The lowest BCUT2D eigenvalue weighted by atomic mass is 10.0. The molecule has 0 aliphatic carbocycles. The van der Waals surface area contributed by atoms with Crippen LogP contribution in [0.4, 0.5) is 0 Å². The molecule has 0 fully saturated rings. The maximum atomic E-state index is 3.91. The van der Waals surface area contributed by atoms with Gasteiger partial charge in [-0.2, -0.15) is 0 Å². The van der Waals surface area contributed by atoms with Crippen LogP contribution in [0, 0.1) is 6.92 Å². The van der Waals surface area contributed by atoms with E-state index in [2.05, 4.69) is 52.6 Å². The lowest BCUT2D eigenvalue weighted by molar-refractivity contribution is 0.622. The van der Waals surface area contributed by atoms with Gasteiger partial charge in [-0.3, -0.25) is 0 Å². The van der Waals surface area contributed by atoms with Crippen molar-refractivity contribution in [3.8, 4) is 0 Å². The molecule has 1 atom stereocenters. The van der Waals surface area contributed by atoms with E-state index in [0.717, 1.165) is 0 Å². The summed E-state index contributed by atoms with van der Waals surface area (Å²) in [5.41, 5.74) is 0. The Kier molecular flexibility index (Phi) is 2.57. The molecule has 0 aromatic heterocycles. The van der Waals surface area contributed by atoms with Gasteiger partial charge in [-0.15, -0.1) is 0 Å². The quantitative estimate of drug-likeness (QED) is 0.620. The van der Waals surface area contributed by atoms with Crippen LogP contribution in [0.3, 0.4) is 0 Å². The molecule has 0 saturated carbocycles. The zero-order valence-corrected chi connectivity index (χ0v) is 8.64. The van der Waals surface area contributed by atoms with E-state index in [0.29, 0.717) is 0 Å². The fourth-order valence-electron chi connectivity index (χ4n) is 0. The van der Waals surface area contributed by atoms with Crippen LogP contribution in [0.2, 0.25) is 0 Å². The summed E-state index contributed by atoms with van der Waals surface area (Å²) in [4.78, 5) is 0. The number of rotatable bonds is 1. The molecule has 0 aromatic carbocycles. The SMILES string of the molecule is [CH2]C(C)(Br)C(C)(C)Br. The second kappa shape index (κ2) is 2.30. The lowest BCUT2D eigenvalue weighted by Gasteiger charge is -2.30. The zero-order valence-electron chi connectivity index (χ0n) is 5.46. The van der Waals surface area contributed by atoms with Gasteiger partial charge in [0.2, 0.25) is 0 Å². The van der Waals surface area contributed by atoms with Crippen LogP contribution in [0.5, 0.6) is 0 Å². The molecule has 0 rings (SSSR count). The Morgan fingerprint density at radius 1 is 1.12 bits per heavy atom. The summed E-state index contributed by atoms with van der Waals surface area (Å²) in [6, 6.07) is 0. The first-order valence-corrected chi connectivity index (χ1v) is 4.07. The molecular weight excluding hydrogens is 232 g/mol. The summed E-state index contributed by atoms with van der Waals surface area (Å²) in [6.45, 7) is 10.1. The second-order valence-electron chi connectivity index (χ2n) is 2.67. The molecule has 0 nitrogen and oxygen atoms in total. The monoisotopic (exact) mass is 241 g/mol. The van der Waals surface area contributed by atoms with E-state index in [1.54, 1.807) is 0 Å². The average Bonchev–Trinajstić information content (AvgIpc) is 1.25. The van der Waals surface area contributed by atoms with Crippen molar-refractivity contribution < 1.29 is 0 Å². The van der Waals surface area contributed by atoms with Gasteiger partial charge in [0.05, 0.1) is 0 Å². The van der Waals surface area contributed by atoms with Crippen LogP contribution in [-0.2, 0) is 0 Å². The summed E-state index contributed by atoms with van der Waals surface area (Å²) in [7, 11) is 0. The Morgan fingerprint density at radius 3 is 1.25 bits per heavy atom. The van der Waals surface area contributed by atoms with Crippen LogP contribution >= 0.6 is 31.9 Å². The average molecular weight is 243 g/mol. The summed E-state index contributed by atoms with van der Waals surface area (Å²) in [5.74, 6) is 0. The Morgan fingerprint density at radius 2 is 1.25 bits per heavy atom. The minimum absolute atomic E-state index is 0.0556. The predicted octanol–water partition coefficient (Wildman–Crippen LogP) is 3.15. The minimum atomic E-state index is -0.0833. The van der Waals surface area contributed by atoms with Crippen molar-refractivity contribution in [1.82, 2.24) is 0 Å². The first kappa shape index (κ1) is 8.96. The van der Waals surface area contributed by atoms with Crippen molar-refractivity contribution >= 4 is 31.9 Å². The fourth-order valence-corrected chi connectivity index (χ4v) is 0. The zero-order chi connectivity index (χ0) is 7.00. The molecule has 0 aromatic rings. The van der Waals surface area contributed by atoms with Crippen LogP contribution < -0.4 is 0 Å². The van der Waals surface area contributed by atoms with Crippen molar-refractivity contribution in [3.05, 3.63) is 6.92 Å². The lowest BCUT2D eigenvalue weighted by Crippen LogP contribution is -2.33. The Bertz CT molecular complexity index is 61.5. The molecule has 8 heavy (non-hydrogen) atoms. The molecule has 0 heterocycles. The standard InChI is InChI=1S/C6H11Br2/c1-5(2,7)6(3,4)8/h1H2,2-4H3. The summed E-state index contributed by atoms with van der Waals surface area (Å²) >= 11 is 6.93. The van der Waals surface area contributed by atoms with E-state index in [1.165, 1.54) is 0 Å². The first-order chi connectivity index (χ1) is 3.25. The van der Waals surface area contributed by atoms with E-state index < -0.39 is 0 Å². The van der Waals surface area contributed by atoms with Gasteiger partial charge in [0, 0.05) is 8.65 Å². The molecule has 49 valence electrons. The first-order valence-electron chi connectivity index (χ1n) is 2.48. The van der Waals surface area contributed by atoms with E-state index in [9.17, 15) is 0 Å². The normalized spacial score (nSPS) is 14.2. The fraction of sp³-hybridized carbons (Fsp3) is 0.833. The Labute approximate surface area is 68.3 Å². The summed E-state index contributed by atoms with van der Waals surface area (Å²) < 4.78 is -0.0278. The van der Waals surface area contributed by atoms with E-state index >= 15 is 0 Å². The second-order valence-corrected chi connectivity index (χ2v) is 6.40. The molecule has 1 radical (unpaired) electrons. The van der Waals surface area contributed by atoms with Gasteiger partial charge >= 0.3 is 0 Å². The molecule has 0 saturated heterocycles. The maximum absolute atomic E-state index is 3.91. The van der Waals surface area contributed by atoms with Gasteiger partial charge in [0.15, 0.2) is 0 Å². The van der Waals surface area contributed by atoms with Crippen molar-refractivity contribution in [2.24, 2.45) is 0 Å². The topological polar surface area (TPSA) is 0 Å². The van der Waals surface area contributed by atoms with E-state index in [-0.39, 0.29) is 8.65 Å². The highest BCUT2D eigenvalue weighted by atomic mass is 79.9. The van der Waals surface area contributed by atoms with Crippen molar-refractivity contribution in [2.75, 3.05) is 0 Å². The number of hydrogen-bond acceptors (Lipinski definition) is 0. The largest absolute Gasteiger partial charge is 0.0844 e. The predicted molar refractivity (Wildman–Crippen MR) is 45.7 cm³/mol. The minimum Gasteiger partial charge on any atom is -0.0844 e. The third-order valence-electron chi connectivity index (χ3n) is 1.24. The highest BCUT2D eigenvalue weighted by molar-refractivity contribution is 9.13. The third kappa shape index (κ3) is 2.49. The maximum Gasteiger partial charge on any atom is 0.0377 e. The van der Waals surface area contributed by atoms with E-state index in [4.69, 9.17) is 0 Å². The third-order valence-corrected chi connectivity index (χ3v) is 3.64. The number of alkyl halides is 2. The Balaban J connectivity index is 4.02. The summed E-state index contributed by atoms with van der Waals surface area (Å²) in [6.07, 6.45) is 0. The summed E-state index contributed by atoms with van der Waals surface area (Å²) in [5, 5.41) is 0. The molecule has 0 spiro atoms. The smallest absolute Gasteiger partial charge is 0.0377 e. The van der Waals surface area contributed by atoms with Gasteiger partial charge in [0.25, 0.3) is 0 Å². The van der Waals surface area contributed by atoms with Crippen LogP contribution in [0.1, 0.15) is 20.8 Å². The molecule has 0 N–H and O–H groups in total. The molecular formula is C6H11Br2. The molecule has 0 bridgehead atoms. The highest BCUT2D eigenvalue weighted by Crippen LogP contribution is 2.36. The molecule has 2 heteroatoms. The highest BCUT2D eigenvalue weighted by Gasteiger charge is 2.31. The van der Waals surface area contributed by atoms with Crippen molar-refractivity contribution in [2.45, 2.75) is 29.4 Å². The van der Waals surface area contributed by atoms with Crippen LogP contribution in [0.25, 0.3) is 0 Å². The van der Waals surface area contributed by atoms with Crippen molar-refractivity contribution in [1.29, 1.82) is 0 Å². The van der Waals surface area contributed by atoms with Gasteiger partial charge < -0.3 is 0 Å². The van der Waals surface area contributed by atoms with Gasteiger partial charge in [-0.05, 0) is 27.7 Å².